The zero-order valence-corrected chi connectivity index (χ0v) is 13.3. The fourth-order valence-electron chi connectivity index (χ4n) is 2.46. The number of benzene rings is 2. The molecule has 2 rings (SSSR count). The van der Waals surface area contributed by atoms with Gasteiger partial charge in [0.1, 0.15) is 5.75 Å². The fraction of sp³-hybridized carbons (Fsp3) is 0.278. The van der Waals surface area contributed by atoms with Crippen LogP contribution in [0, 0.1) is 0 Å². The number of methoxy groups -OCH3 is 1. The van der Waals surface area contributed by atoms with Gasteiger partial charge in [-0.05, 0) is 42.2 Å². The second-order valence-corrected chi connectivity index (χ2v) is 5.07. The maximum atomic E-state index is 12.5. The number of nitrogens with one attached hydrogen (secondary N) is 1. The number of aryl methyl sites for hydroxylation is 2. The van der Waals surface area contributed by atoms with E-state index in [1.165, 1.54) is 0 Å². The van der Waals surface area contributed by atoms with E-state index in [9.17, 15) is 4.79 Å². The summed E-state index contributed by atoms with van der Waals surface area (Å²) in [5, 5.41) is 3.03. The van der Waals surface area contributed by atoms with Crippen molar-refractivity contribution < 1.29 is 9.53 Å². The van der Waals surface area contributed by atoms with Gasteiger partial charge < -0.3 is 15.8 Å². The summed E-state index contributed by atoms with van der Waals surface area (Å²) in [7, 11) is 1.55. The van der Waals surface area contributed by atoms with E-state index in [4.69, 9.17) is 10.5 Å². The van der Waals surface area contributed by atoms with Gasteiger partial charge in [-0.2, -0.15) is 0 Å². The van der Waals surface area contributed by atoms with E-state index in [-0.39, 0.29) is 5.91 Å². The van der Waals surface area contributed by atoms with Crippen LogP contribution in [0.2, 0.25) is 0 Å². The van der Waals surface area contributed by atoms with Crippen LogP contribution in [0.4, 0.5) is 11.4 Å². The molecule has 0 atom stereocenters. The largest absolute Gasteiger partial charge is 0.495 e. The number of ether oxygens (including phenoxy) is 1. The van der Waals surface area contributed by atoms with E-state index >= 15 is 0 Å². The standard InChI is InChI=1S/C18H22N2O2/c1-4-12-7-6-8-13(5-2)17(12)20-18(21)14-9-10-16(22-3)15(19)11-14/h6-11H,4-5,19H2,1-3H3,(H,20,21). The Kier molecular flexibility index (Phi) is 5.04. The SMILES string of the molecule is CCc1cccc(CC)c1NC(=O)c1ccc(OC)c(N)c1. The van der Waals surface area contributed by atoms with Crippen LogP contribution in [0.25, 0.3) is 0 Å². The van der Waals surface area contributed by atoms with E-state index in [1.807, 2.05) is 18.2 Å². The molecule has 2 aromatic rings. The average Bonchev–Trinajstić information content (AvgIpc) is 2.54. The third kappa shape index (κ3) is 3.22. The van der Waals surface area contributed by atoms with Crippen molar-refractivity contribution in [2.75, 3.05) is 18.2 Å². The van der Waals surface area contributed by atoms with Gasteiger partial charge in [0, 0.05) is 11.3 Å². The zero-order chi connectivity index (χ0) is 16.1. The molecule has 116 valence electrons. The third-order valence-electron chi connectivity index (χ3n) is 3.73. The highest BCUT2D eigenvalue weighted by Gasteiger charge is 2.13. The van der Waals surface area contributed by atoms with Crippen molar-refractivity contribution in [3.8, 4) is 5.75 Å². The van der Waals surface area contributed by atoms with E-state index in [0.717, 1.165) is 29.7 Å². The molecule has 2 aromatic carbocycles. The van der Waals surface area contributed by atoms with Crippen molar-refractivity contribution in [1.29, 1.82) is 0 Å². The van der Waals surface area contributed by atoms with E-state index in [0.29, 0.717) is 17.0 Å². The van der Waals surface area contributed by atoms with Gasteiger partial charge in [0.2, 0.25) is 0 Å². The molecule has 0 aliphatic rings. The van der Waals surface area contributed by atoms with Gasteiger partial charge in [-0.1, -0.05) is 32.0 Å². The van der Waals surface area contributed by atoms with Crippen LogP contribution in [0.1, 0.15) is 35.3 Å². The van der Waals surface area contributed by atoms with Crippen LogP contribution in [0.5, 0.6) is 5.75 Å². The molecule has 0 saturated carbocycles. The number of carbonyl (C=O) groups excluding carboxylic acids is 1. The summed E-state index contributed by atoms with van der Waals surface area (Å²) in [4.78, 5) is 12.5. The molecular formula is C18H22N2O2. The number of nitrogens with two attached hydrogens (primary N) is 1. The number of rotatable bonds is 5. The lowest BCUT2D eigenvalue weighted by molar-refractivity contribution is 0.102. The number of hydrogen-bond acceptors (Lipinski definition) is 3. The van der Waals surface area contributed by atoms with E-state index in [2.05, 4.69) is 19.2 Å². The highest BCUT2D eigenvalue weighted by molar-refractivity contribution is 6.05. The first kappa shape index (κ1) is 15.9. The number of nitrogen functional groups attached to an aromatic ring is 1. The van der Waals surface area contributed by atoms with Gasteiger partial charge in [0.05, 0.1) is 12.8 Å². The number of para-hydroxylation sites is 1. The monoisotopic (exact) mass is 298 g/mol. The number of hydrogen-bond donors (Lipinski definition) is 2. The van der Waals surface area contributed by atoms with Gasteiger partial charge in [0.25, 0.3) is 5.91 Å². The molecule has 3 N–H and O–H groups in total. The van der Waals surface area contributed by atoms with Gasteiger partial charge >= 0.3 is 0 Å². The summed E-state index contributed by atoms with van der Waals surface area (Å²) in [5.41, 5.74) is 10.0. The van der Waals surface area contributed by atoms with Crippen molar-refractivity contribution in [1.82, 2.24) is 0 Å². The minimum absolute atomic E-state index is 0.162. The maximum Gasteiger partial charge on any atom is 0.255 e. The summed E-state index contributed by atoms with van der Waals surface area (Å²) in [6.45, 7) is 4.16. The summed E-state index contributed by atoms with van der Waals surface area (Å²) in [6.07, 6.45) is 1.74. The van der Waals surface area contributed by atoms with Crippen molar-refractivity contribution in [2.45, 2.75) is 26.7 Å². The second kappa shape index (κ2) is 6.98. The molecule has 0 saturated heterocycles. The lowest BCUT2D eigenvalue weighted by Crippen LogP contribution is -2.15. The maximum absolute atomic E-state index is 12.5. The smallest absolute Gasteiger partial charge is 0.255 e. The van der Waals surface area contributed by atoms with E-state index in [1.54, 1.807) is 25.3 Å². The average molecular weight is 298 g/mol. The molecule has 0 aromatic heterocycles. The van der Waals surface area contributed by atoms with Crippen molar-refractivity contribution in [3.63, 3.8) is 0 Å². The summed E-state index contributed by atoms with van der Waals surface area (Å²) in [6, 6.07) is 11.2. The predicted octanol–water partition coefficient (Wildman–Crippen LogP) is 3.65. The lowest BCUT2D eigenvalue weighted by atomic mass is 10.0. The first-order chi connectivity index (χ1) is 10.6. The Balaban J connectivity index is 2.31. The molecule has 4 nitrogen and oxygen atoms in total. The number of anilines is 2. The Bertz CT molecular complexity index is 659. The highest BCUT2D eigenvalue weighted by atomic mass is 16.5. The van der Waals surface area contributed by atoms with Crippen LogP contribution in [-0.2, 0) is 12.8 Å². The Morgan fingerprint density at radius 3 is 2.27 bits per heavy atom. The molecule has 0 fully saturated rings. The summed E-state index contributed by atoms with van der Waals surface area (Å²) in [5.74, 6) is 0.407. The molecule has 0 radical (unpaired) electrons. The van der Waals surface area contributed by atoms with E-state index < -0.39 is 0 Å². The third-order valence-corrected chi connectivity index (χ3v) is 3.73. The minimum Gasteiger partial charge on any atom is -0.495 e. The molecule has 4 heteroatoms. The molecule has 0 spiro atoms. The first-order valence-electron chi connectivity index (χ1n) is 7.46. The molecule has 0 unspecified atom stereocenters. The van der Waals surface area contributed by atoms with Crippen molar-refractivity contribution in [2.24, 2.45) is 0 Å². The molecule has 1 amide bonds. The van der Waals surface area contributed by atoms with Crippen LogP contribution < -0.4 is 15.8 Å². The number of carbonyl (C=O) groups is 1. The van der Waals surface area contributed by atoms with Crippen LogP contribution in [-0.4, -0.2) is 13.0 Å². The van der Waals surface area contributed by atoms with Crippen molar-refractivity contribution >= 4 is 17.3 Å². The number of amides is 1. The fourth-order valence-corrected chi connectivity index (χ4v) is 2.46. The van der Waals surface area contributed by atoms with Crippen LogP contribution >= 0.6 is 0 Å². The van der Waals surface area contributed by atoms with Gasteiger partial charge in [-0.25, -0.2) is 0 Å². The summed E-state index contributed by atoms with van der Waals surface area (Å²) >= 11 is 0. The van der Waals surface area contributed by atoms with Gasteiger partial charge in [0.15, 0.2) is 0 Å². The Morgan fingerprint density at radius 2 is 1.77 bits per heavy atom. The molecule has 0 aliphatic carbocycles. The topological polar surface area (TPSA) is 64.3 Å². The second-order valence-electron chi connectivity index (χ2n) is 5.07. The Labute approximate surface area is 131 Å². The highest BCUT2D eigenvalue weighted by Crippen LogP contribution is 2.25. The molecule has 0 heterocycles. The normalized spacial score (nSPS) is 10.3. The first-order valence-corrected chi connectivity index (χ1v) is 7.46. The Morgan fingerprint density at radius 1 is 1.14 bits per heavy atom. The molecule has 0 aliphatic heterocycles. The molecule has 0 bridgehead atoms. The van der Waals surface area contributed by atoms with Crippen LogP contribution in [0.3, 0.4) is 0 Å². The minimum atomic E-state index is -0.162. The van der Waals surface area contributed by atoms with Crippen LogP contribution in [0.15, 0.2) is 36.4 Å². The molecular weight excluding hydrogens is 276 g/mol. The lowest BCUT2D eigenvalue weighted by Gasteiger charge is -2.15. The van der Waals surface area contributed by atoms with Gasteiger partial charge in [-0.15, -0.1) is 0 Å². The van der Waals surface area contributed by atoms with Gasteiger partial charge in [-0.3, -0.25) is 4.79 Å². The molecule has 22 heavy (non-hydrogen) atoms. The van der Waals surface area contributed by atoms with Crippen molar-refractivity contribution in [3.05, 3.63) is 53.1 Å². The zero-order valence-electron chi connectivity index (χ0n) is 13.3. The quantitative estimate of drug-likeness (QED) is 0.828. The Hall–Kier alpha value is -2.49. The summed E-state index contributed by atoms with van der Waals surface area (Å²) < 4.78 is 5.11. The predicted molar refractivity (Wildman–Crippen MR) is 90.6 cm³/mol.